The van der Waals surface area contributed by atoms with Crippen molar-refractivity contribution in [1.82, 2.24) is 10.2 Å². The van der Waals surface area contributed by atoms with Crippen LogP contribution in [-0.4, -0.2) is 38.0 Å². The second-order valence-corrected chi connectivity index (χ2v) is 3.96. The molecule has 0 spiro atoms. The second-order valence-electron chi connectivity index (χ2n) is 3.96. The van der Waals surface area contributed by atoms with Gasteiger partial charge in [-0.1, -0.05) is 13.3 Å². The molecule has 0 aromatic rings. The molecule has 0 fully saturated rings. The van der Waals surface area contributed by atoms with Gasteiger partial charge in [0.15, 0.2) is 0 Å². The lowest BCUT2D eigenvalue weighted by molar-refractivity contribution is -0.121. The van der Waals surface area contributed by atoms with Crippen molar-refractivity contribution in [2.24, 2.45) is 0 Å². The minimum atomic E-state index is 0.205. The molecule has 0 aliphatic carbocycles. The molecule has 84 valence electrons. The average Bonchev–Trinajstić information content (AvgIpc) is 2.13. The predicted octanol–water partition coefficient (Wildman–Crippen LogP) is 1.63. The first kappa shape index (κ1) is 13.4. The highest BCUT2D eigenvalue weighted by Gasteiger charge is 1.99. The average molecular weight is 200 g/mol. The molecule has 0 rings (SSSR count). The van der Waals surface area contributed by atoms with Crippen molar-refractivity contribution in [2.45, 2.75) is 39.0 Å². The van der Waals surface area contributed by atoms with Crippen LogP contribution in [0.5, 0.6) is 0 Å². The normalized spacial score (nSPS) is 10.6. The van der Waals surface area contributed by atoms with Gasteiger partial charge in [0.1, 0.15) is 0 Å². The Hall–Kier alpha value is -0.570. The molecule has 0 bridgehead atoms. The van der Waals surface area contributed by atoms with Gasteiger partial charge in [-0.3, -0.25) is 4.79 Å². The first-order valence-corrected chi connectivity index (χ1v) is 5.58. The van der Waals surface area contributed by atoms with Crippen molar-refractivity contribution in [1.29, 1.82) is 0 Å². The molecule has 0 aliphatic heterocycles. The lowest BCUT2D eigenvalue weighted by atomic mass is 10.2. The Bertz CT molecular complexity index is 146. The maximum atomic E-state index is 11.2. The van der Waals surface area contributed by atoms with Gasteiger partial charge in [-0.15, -0.1) is 0 Å². The summed E-state index contributed by atoms with van der Waals surface area (Å²) >= 11 is 0. The number of hydrogen-bond donors (Lipinski definition) is 1. The summed E-state index contributed by atoms with van der Waals surface area (Å²) in [4.78, 5) is 13.4. The summed E-state index contributed by atoms with van der Waals surface area (Å²) < 4.78 is 0. The van der Waals surface area contributed by atoms with Crippen LogP contribution in [0.2, 0.25) is 0 Å². The summed E-state index contributed by atoms with van der Waals surface area (Å²) in [5, 5.41) is 2.88. The van der Waals surface area contributed by atoms with Crippen molar-refractivity contribution in [3.63, 3.8) is 0 Å². The number of nitrogens with zero attached hydrogens (tertiary/aromatic N) is 1. The van der Waals surface area contributed by atoms with Gasteiger partial charge in [0.25, 0.3) is 0 Å². The number of rotatable bonds is 8. The SMILES string of the molecule is CCCNC(=O)CCCCCN(C)C. The molecule has 0 aromatic carbocycles. The predicted molar refractivity (Wildman–Crippen MR) is 60.3 cm³/mol. The van der Waals surface area contributed by atoms with Gasteiger partial charge in [0.2, 0.25) is 5.91 Å². The fourth-order valence-corrected chi connectivity index (χ4v) is 1.24. The standard InChI is InChI=1S/C11H24N2O/c1-4-9-12-11(14)8-6-5-7-10-13(2)3/h4-10H2,1-3H3,(H,12,14). The Morgan fingerprint density at radius 3 is 2.50 bits per heavy atom. The molecular formula is C11H24N2O. The van der Waals surface area contributed by atoms with Crippen LogP contribution in [0.1, 0.15) is 39.0 Å². The van der Waals surface area contributed by atoms with Crippen molar-refractivity contribution < 1.29 is 4.79 Å². The van der Waals surface area contributed by atoms with E-state index in [1.807, 2.05) is 0 Å². The van der Waals surface area contributed by atoms with Gasteiger partial charge in [-0.2, -0.15) is 0 Å². The molecule has 0 saturated carbocycles. The van der Waals surface area contributed by atoms with E-state index in [0.29, 0.717) is 6.42 Å². The van der Waals surface area contributed by atoms with Crippen molar-refractivity contribution >= 4 is 5.91 Å². The van der Waals surface area contributed by atoms with Crippen LogP contribution in [-0.2, 0) is 4.79 Å². The third-order valence-corrected chi connectivity index (χ3v) is 2.08. The van der Waals surface area contributed by atoms with E-state index in [1.54, 1.807) is 0 Å². The summed E-state index contributed by atoms with van der Waals surface area (Å²) in [7, 11) is 4.15. The number of carbonyl (C=O) groups is 1. The van der Waals surface area contributed by atoms with Crippen LogP contribution >= 0.6 is 0 Å². The number of hydrogen-bond acceptors (Lipinski definition) is 2. The Labute approximate surface area is 87.9 Å². The molecule has 14 heavy (non-hydrogen) atoms. The summed E-state index contributed by atoms with van der Waals surface area (Å²) in [6.07, 6.45) is 5.06. The zero-order valence-corrected chi connectivity index (χ0v) is 9.81. The van der Waals surface area contributed by atoms with Gasteiger partial charge in [-0.25, -0.2) is 0 Å². The van der Waals surface area contributed by atoms with Crippen LogP contribution in [0.25, 0.3) is 0 Å². The number of amides is 1. The molecule has 0 unspecified atom stereocenters. The van der Waals surface area contributed by atoms with Crippen LogP contribution < -0.4 is 5.32 Å². The molecular weight excluding hydrogens is 176 g/mol. The highest BCUT2D eigenvalue weighted by molar-refractivity contribution is 5.75. The smallest absolute Gasteiger partial charge is 0.219 e. The van der Waals surface area contributed by atoms with E-state index < -0.39 is 0 Å². The number of carbonyl (C=O) groups excluding carboxylic acids is 1. The number of unbranched alkanes of at least 4 members (excludes halogenated alkanes) is 2. The molecule has 0 aromatic heterocycles. The van der Waals surface area contributed by atoms with Crippen LogP contribution in [0.15, 0.2) is 0 Å². The van der Waals surface area contributed by atoms with Gasteiger partial charge in [0.05, 0.1) is 0 Å². The Kier molecular flexibility index (Phi) is 8.64. The molecule has 0 saturated heterocycles. The summed E-state index contributed by atoms with van der Waals surface area (Å²) in [5.74, 6) is 0.205. The summed E-state index contributed by atoms with van der Waals surface area (Å²) in [6, 6.07) is 0. The zero-order chi connectivity index (χ0) is 10.8. The summed E-state index contributed by atoms with van der Waals surface area (Å²) in [6.45, 7) is 4.00. The Morgan fingerprint density at radius 1 is 1.21 bits per heavy atom. The second kappa shape index (κ2) is 9.00. The van der Waals surface area contributed by atoms with E-state index >= 15 is 0 Å². The van der Waals surface area contributed by atoms with E-state index in [2.05, 4.69) is 31.2 Å². The Balaban J connectivity index is 3.15. The van der Waals surface area contributed by atoms with E-state index in [9.17, 15) is 4.79 Å². The highest BCUT2D eigenvalue weighted by atomic mass is 16.1. The molecule has 3 heteroatoms. The van der Waals surface area contributed by atoms with E-state index in [4.69, 9.17) is 0 Å². The lowest BCUT2D eigenvalue weighted by Crippen LogP contribution is -2.23. The van der Waals surface area contributed by atoms with E-state index in [-0.39, 0.29) is 5.91 Å². The first-order valence-electron chi connectivity index (χ1n) is 5.58. The van der Waals surface area contributed by atoms with Crippen molar-refractivity contribution in [2.75, 3.05) is 27.2 Å². The first-order chi connectivity index (χ1) is 6.66. The maximum absolute atomic E-state index is 11.2. The molecule has 0 aliphatic rings. The van der Waals surface area contributed by atoms with Gasteiger partial charge in [-0.05, 0) is 39.9 Å². The molecule has 3 nitrogen and oxygen atoms in total. The molecule has 0 atom stereocenters. The van der Waals surface area contributed by atoms with Gasteiger partial charge < -0.3 is 10.2 Å². The highest BCUT2D eigenvalue weighted by Crippen LogP contribution is 2.00. The Morgan fingerprint density at radius 2 is 1.93 bits per heavy atom. The third kappa shape index (κ3) is 9.52. The zero-order valence-electron chi connectivity index (χ0n) is 9.81. The molecule has 1 N–H and O–H groups in total. The molecule has 1 amide bonds. The van der Waals surface area contributed by atoms with Crippen LogP contribution in [0.4, 0.5) is 0 Å². The fraction of sp³-hybridized carbons (Fsp3) is 0.909. The van der Waals surface area contributed by atoms with Crippen molar-refractivity contribution in [3.05, 3.63) is 0 Å². The van der Waals surface area contributed by atoms with E-state index in [1.165, 1.54) is 6.42 Å². The van der Waals surface area contributed by atoms with Gasteiger partial charge in [0, 0.05) is 13.0 Å². The topological polar surface area (TPSA) is 32.3 Å². The monoisotopic (exact) mass is 200 g/mol. The lowest BCUT2D eigenvalue weighted by Gasteiger charge is -2.08. The third-order valence-electron chi connectivity index (χ3n) is 2.08. The van der Waals surface area contributed by atoms with Crippen LogP contribution in [0, 0.1) is 0 Å². The minimum Gasteiger partial charge on any atom is -0.356 e. The van der Waals surface area contributed by atoms with E-state index in [0.717, 1.165) is 32.4 Å². The molecule has 0 radical (unpaired) electrons. The van der Waals surface area contributed by atoms with Crippen molar-refractivity contribution in [3.8, 4) is 0 Å². The number of nitrogens with one attached hydrogen (secondary N) is 1. The largest absolute Gasteiger partial charge is 0.356 e. The fourth-order valence-electron chi connectivity index (χ4n) is 1.24. The van der Waals surface area contributed by atoms with Crippen LogP contribution in [0.3, 0.4) is 0 Å². The van der Waals surface area contributed by atoms with Gasteiger partial charge >= 0.3 is 0 Å². The summed E-state index contributed by atoms with van der Waals surface area (Å²) in [5.41, 5.74) is 0. The quantitative estimate of drug-likeness (QED) is 0.604. The minimum absolute atomic E-state index is 0.205. The molecule has 0 heterocycles. The maximum Gasteiger partial charge on any atom is 0.219 e.